The number of aliphatic imine (C=N–C) groups is 2. The van der Waals surface area contributed by atoms with E-state index >= 15 is 0 Å². The summed E-state index contributed by atoms with van der Waals surface area (Å²) in [5, 5.41) is 9.21. The molecule has 0 aromatic heterocycles. The monoisotopic (exact) mass is 731 g/mol. The van der Waals surface area contributed by atoms with E-state index in [1.807, 2.05) is 0 Å². The molecular weight excluding hydrogens is 637 g/mol. The van der Waals surface area contributed by atoms with Crippen molar-refractivity contribution in [3.05, 3.63) is 48.1 Å². The van der Waals surface area contributed by atoms with Gasteiger partial charge in [0.15, 0.2) is 0 Å². The van der Waals surface area contributed by atoms with Crippen LogP contribution in [0.2, 0.25) is 0 Å². The second kappa shape index (κ2) is 23.2. The average Bonchev–Trinajstić information content (AvgIpc) is 3.37. The summed E-state index contributed by atoms with van der Waals surface area (Å²) in [5.41, 5.74) is 9.33. The maximum atomic E-state index is 9.21. The van der Waals surface area contributed by atoms with Gasteiger partial charge in [0.2, 0.25) is 0 Å². The van der Waals surface area contributed by atoms with Gasteiger partial charge in [-0.2, -0.15) is 0 Å². The SMILES string of the molecule is C.C.C=C(C)C(C)(C)C.C=C(COC)C(C)(C)C.C=C1CN=C(C(C)(C)C)CC1(C)C.CC(C)(C)C1=CCC(O)C1.CC1CCC(C(C)(C)C)=NC1. The maximum Gasteiger partial charge on any atom is 0.0675 e. The summed E-state index contributed by atoms with van der Waals surface area (Å²) in [6.07, 6.45) is 7.41. The first-order valence-electron chi connectivity index (χ1n) is 19.1. The molecular formula is C48H94N2O2. The number of ether oxygens (including phenoxy) is 1. The highest BCUT2D eigenvalue weighted by Crippen LogP contribution is 2.37. The van der Waals surface area contributed by atoms with E-state index in [-0.39, 0.29) is 42.6 Å². The van der Waals surface area contributed by atoms with Gasteiger partial charge in [-0.1, -0.05) is 182 Å². The molecule has 0 amide bonds. The Bertz CT molecular complexity index is 1160. The molecule has 2 atom stereocenters. The molecule has 2 heterocycles. The Morgan fingerprint density at radius 3 is 1.52 bits per heavy atom. The normalized spacial score (nSPS) is 20.0. The molecule has 2 unspecified atom stereocenters. The highest BCUT2D eigenvalue weighted by molar-refractivity contribution is 5.91. The molecule has 0 aromatic rings. The van der Waals surface area contributed by atoms with Gasteiger partial charge in [-0.15, -0.1) is 0 Å². The fourth-order valence-corrected chi connectivity index (χ4v) is 4.64. The average molecular weight is 731 g/mol. The second-order valence-electron chi connectivity index (χ2n) is 20.7. The van der Waals surface area contributed by atoms with Crippen molar-refractivity contribution in [2.75, 3.05) is 26.8 Å². The van der Waals surface area contributed by atoms with Gasteiger partial charge in [0.1, 0.15) is 0 Å². The Kier molecular flexibility index (Phi) is 25.4. The van der Waals surface area contributed by atoms with Crippen LogP contribution in [0.5, 0.6) is 0 Å². The van der Waals surface area contributed by atoms with Crippen molar-refractivity contribution in [2.45, 2.75) is 185 Å². The topological polar surface area (TPSA) is 54.2 Å². The summed E-state index contributed by atoms with van der Waals surface area (Å²) in [5.74, 6) is 0.807. The number of aliphatic hydroxyl groups is 1. The first-order chi connectivity index (χ1) is 22.2. The van der Waals surface area contributed by atoms with Crippen molar-refractivity contribution in [2.24, 2.45) is 48.4 Å². The molecule has 308 valence electrons. The molecule has 0 saturated heterocycles. The van der Waals surface area contributed by atoms with E-state index in [2.05, 4.69) is 167 Å². The van der Waals surface area contributed by atoms with E-state index in [1.54, 1.807) is 7.11 Å². The van der Waals surface area contributed by atoms with Crippen LogP contribution in [0.3, 0.4) is 0 Å². The van der Waals surface area contributed by atoms with Gasteiger partial charge >= 0.3 is 0 Å². The number of allylic oxidation sites excluding steroid dienone is 1. The smallest absolute Gasteiger partial charge is 0.0675 e. The molecule has 52 heavy (non-hydrogen) atoms. The summed E-state index contributed by atoms with van der Waals surface area (Å²) >= 11 is 0. The minimum absolute atomic E-state index is 0. The van der Waals surface area contributed by atoms with Gasteiger partial charge in [0.05, 0.1) is 19.3 Å². The lowest BCUT2D eigenvalue weighted by molar-refractivity contribution is 0.183. The molecule has 0 saturated carbocycles. The molecule has 0 radical (unpaired) electrons. The van der Waals surface area contributed by atoms with Crippen molar-refractivity contribution in [1.82, 2.24) is 0 Å². The summed E-state index contributed by atoms with van der Waals surface area (Å²) < 4.78 is 4.93. The van der Waals surface area contributed by atoms with Crippen LogP contribution in [0.25, 0.3) is 0 Å². The predicted octanol–water partition coefficient (Wildman–Crippen LogP) is 14.6. The molecule has 0 fully saturated rings. The Labute approximate surface area is 328 Å². The second-order valence-corrected chi connectivity index (χ2v) is 20.7. The van der Waals surface area contributed by atoms with E-state index in [9.17, 15) is 5.11 Å². The number of rotatable bonds is 2. The van der Waals surface area contributed by atoms with E-state index in [1.165, 1.54) is 41.0 Å². The molecule has 2 aliphatic heterocycles. The summed E-state index contributed by atoms with van der Waals surface area (Å²) in [6, 6.07) is 0. The predicted molar refractivity (Wildman–Crippen MR) is 240 cm³/mol. The lowest BCUT2D eigenvalue weighted by atomic mass is 9.72. The molecule has 1 N–H and O–H groups in total. The van der Waals surface area contributed by atoms with E-state index < -0.39 is 0 Å². The van der Waals surface area contributed by atoms with E-state index in [0.717, 1.165) is 43.8 Å². The first-order valence-corrected chi connectivity index (χ1v) is 19.1. The molecule has 0 spiro atoms. The third-order valence-electron chi connectivity index (χ3n) is 9.94. The molecule has 4 heteroatoms. The Balaban J connectivity index is -0.000000278. The summed E-state index contributed by atoms with van der Waals surface area (Å²) in [4.78, 5) is 9.19. The van der Waals surface area contributed by atoms with Crippen LogP contribution < -0.4 is 0 Å². The Morgan fingerprint density at radius 2 is 1.29 bits per heavy atom. The Morgan fingerprint density at radius 1 is 0.827 bits per heavy atom. The third-order valence-corrected chi connectivity index (χ3v) is 9.94. The molecule has 0 aromatic carbocycles. The van der Waals surface area contributed by atoms with Gasteiger partial charge in [-0.3, -0.25) is 9.98 Å². The number of hydrogen-bond acceptors (Lipinski definition) is 4. The molecule has 0 bridgehead atoms. The highest BCUT2D eigenvalue weighted by Gasteiger charge is 2.32. The number of nitrogens with zero attached hydrogens (tertiary/aromatic N) is 2. The highest BCUT2D eigenvalue weighted by atomic mass is 16.5. The van der Waals surface area contributed by atoms with Gasteiger partial charge in [0, 0.05) is 25.1 Å². The van der Waals surface area contributed by atoms with Crippen molar-refractivity contribution in [3.63, 3.8) is 0 Å². The van der Waals surface area contributed by atoms with Crippen molar-refractivity contribution >= 4 is 11.4 Å². The maximum absolute atomic E-state index is 9.21. The van der Waals surface area contributed by atoms with Gasteiger partial charge in [0.25, 0.3) is 0 Å². The fourth-order valence-electron chi connectivity index (χ4n) is 4.64. The van der Waals surface area contributed by atoms with Gasteiger partial charge in [-0.25, -0.2) is 0 Å². The van der Waals surface area contributed by atoms with Crippen LogP contribution in [0.1, 0.15) is 179 Å². The van der Waals surface area contributed by atoms with Gasteiger partial charge in [-0.05, 0) is 83.0 Å². The largest absolute Gasteiger partial charge is 0.392 e. The summed E-state index contributed by atoms with van der Waals surface area (Å²) in [6.45, 7) is 56.1. The van der Waals surface area contributed by atoms with E-state index in [4.69, 9.17) is 4.74 Å². The van der Waals surface area contributed by atoms with Crippen LogP contribution in [0.4, 0.5) is 0 Å². The lowest BCUT2D eigenvalue weighted by Gasteiger charge is -2.36. The van der Waals surface area contributed by atoms with Crippen LogP contribution in [0, 0.1) is 38.4 Å². The van der Waals surface area contributed by atoms with Crippen LogP contribution >= 0.6 is 0 Å². The minimum atomic E-state index is -0.103. The van der Waals surface area contributed by atoms with Crippen LogP contribution in [0.15, 0.2) is 58.1 Å². The lowest BCUT2D eigenvalue weighted by Crippen LogP contribution is -2.32. The third kappa shape index (κ3) is 24.5. The standard InChI is InChI=1S/C12H21N.C10H19N.C9H16O.C8H16O.C7H14.2CH4/c1-9-8-13-10(11(2,3)4)7-12(9,5)6;1-8-5-6-9(11-7-8)10(2,3)4;1-9(2,3)7-4-5-8(10)6-7;1-7(6-9-5)8(2,3)4;1-6(2)7(3,4)5;;/h1,7-8H2,2-6H3;8H,5-7H2,1-4H3;4,8,10H,5-6H2,1-3H3;1,6H2,2-5H3;1H2,2-5H3;2*1H4. The van der Waals surface area contributed by atoms with Crippen LogP contribution in [-0.2, 0) is 4.74 Å². The van der Waals surface area contributed by atoms with Crippen molar-refractivity contribution < 1.29 is 9.84 Å². The molecule has 1 aliphatic carbocycles. The minimum Gasteiger partial charge on any atom is -0.392 e. The first kappa shape index (κ1) is 57.0. The molecule has 3 rings (SSSR count). The molecule has 3 aliphatic rings. The Hall–Kier alpha value is -1.78. The quantitative estimate of drug-likeness (QED) is 0.288. The summed E-state index contributed by atoms with van der Waals surface area (Å²) in [7, 11) is 1.69. The zero-order valence-electron chi connectivity index (χ0n) is 37.3. The number of methoxy groups -OCH3 is 1. The zero-order chi connectivity index (χ0) is 40.1. The molecule has 4 nitrogen and oxygen atoms in total. The van der Waals surface area contributed by atoms with Crippen molar-refractivity contribution in [1.29, 1.82) is 0 Å². The van der Waals surface area contributed by atoms with Crippen molar-refractivity contribution in [3.8, 4) is 0 Å². The van der Waals surface area contributed by atoms with Gasteiger partial charge < -0.3 is 9.84 Å². The fraction of sp³-hybridized carbons (Fsp3) is 0.792. The zero-order valence-corrected chi connectivity index (χ0v) is 37.3. The van der Waals surface area contributed by atoms with E-state index in [0.29, 0.717) is 17.4 Å². The number of hydrogen-bond donors (Lipinski definition) is 1. The number of aliphatic hydroxyl groups excluding tert-OH is 1. The van der Waals surface area contributed by atoms with Crippen LogP contribution in [-0.4, -0.2) is 49.4 Å².